The summed E-state index contributed by atoms with van der Waals surface area (Å²) < 4.78 is 70.1. The molecule has 2 aromatic heterocycles. The number of carboxylic acid groups (broad SMARTS) is 1. The number of aryl methyl sites for hydroxylation is 1. The van der Waals surface area contributed by atoms with Crippen molar-refractivity contribution in [3.05, 3.63) is 85.8 Å². The van der Waals surface area contributed by atoms with Crippen LogP contribution in [0.1, 0.15) is 35.0 Å². The number of anilines is 1. The Hall–Kier alpha value is -4.56. The lowest BCUT2D eigenvalue weighted by molar-refractivity contribution is -0.143. The number of amides is 1. The second-order valence-corrected chi connectivity index (χ2v) is 8.86. The summed E-state index contributed by atoms with van der Waals surface area (Å²) in [6.45, 7) is 2.79. The molecule has 2 atom stereocenters. The number of carbonyl (C=O) groups excluding carboxylic acids is 1. The van der Waals surface area contributed by atoms with Crippen molar-refractivity contribution in [3.63, 3.8) is 0 Å². The Balaban J connectivity index is 1.80. The van der Waals surface area contributed by atoms with Gasteiger partial charge in [0.1, 0.15) is 35.1 Å². The SMILES string of the molecule is CC[C@@H](Nc1cc(F)c(C(=O)N[C@@H](Cc2ccc(-n3c(=O)cc(C)n(C)c3=O)nc2)C(=O)O)c(F)c1)C(F)(F)F. The Morgan fingerprint density at radius 2 is 1.73 bits per heavy atom. The molecule has 10 nitrogen and oxygen atoms in total. The third-order valence-electron chi connectivity index (χ3n) is 6.05. The second kappa shape index (κ2) is 11.7. The minimum Gasteiger partial charge on any atom is -0.480 e. The summed E-state index contributed by atoms with van der Waals surface area (Å²) in [7, 11) is 1.46. The molecule has 40 heavy (non-hydrogen) atoms. The van der Waals surface area contributed by atoms with Gasteiger partial charge in [-0.1, -0.05) is 13.0 Å². The van der Waals surface area contributed by atoms with Gasteiger partial charge in [0.15, 0.2) is 0 Å². The van der Waals surface area contributed by atoms with Crippen molar-refractivity contribution in [2.45, 2.75) is 44.9 Å². The number of carbonyl (C=O) groups is 2. The van der Waals surface area contributed by atoms with Crippen molar-refractivity contribution in [3.8, 4) is 5.82 Å². The molecule has 3 rings (SSSR count). The minimum atomic E-state index is -4.69. The molecule has 0 fully saturated rings. The molecule has 214 valence electrons. The largest absolute Gasteiger partial charge is 0.480 e. The van der Waals surface area contributed by atoms with Crippen LogP contribution in [-0.4, -0.2) is 49.4 Å². The van der Waals surface area contributed by atoms with E-state index in [4.69, 9.17) is 0 Å². The van der Waals surface area contributed by atoms with Crippen LogP contribution in [0, 0.1) is 18.6 Å². The maximum atomic E-state index is 14.6. The maximum Gasteiger partial charge on any atom is 0.408 e. The van der Waals surface area contributed by atoms with E-state index in [1.54, 1.807) is 6.92 Å². The average Bonchev–Trinajstić information content (AvgIpc) is 2.85. The number of halogens is 5. The number of hydrogen-bond acceptors (Lipinski definition) is 6. The first kappa shape index (κ1) is 30.0. The highest BCUT2D eigenvalue weighted by Crippen LogP contribution is 2.27. The quantitative estimate of drug-likeness (QED) is 0.337. The molecule has 0 unspecified atom stereocenters. The molecule has 0 spiro atoms. The number of aliphatic carboxylic acids is 1. The number of pyridine rings is 1. The highest BCUT2D eigenvalue weighted by molar-refractivity contribution is 5.97. The van der Waals surface area contributed by atoms with Gasteiger partial charge in [-0.3, -0.25) is 9.59 Å². The molecule has 2 heterocycles. The van der Waals surface area contributed by atoms with E-state index in [1.165, 1.54) is 36.7 Å². The van der Waals surface area contributed by atoms with Crippen molar-refractivity contribution in [1.29, 1.82) is 0 Å². The van der Waals surface area contributed by atoms with E-state index in [0.717, 1.165) is 10.8 Å². The van der Waals surface area contributed by atoms with Gasteiger partial charge in [0.05, 0.1) is 0 Å². The molecule has 0 saturated heterocycles. The summed E-state index contributed by atoms with van der Waals surface area (Å²) in [6.07, 6.45) is -4.36. The van der Waals surface area contributed by atoms with E-state index in [1.807, 2.05) is 10.6 Å². The number of aromatic nitrogens is 3. The molecule has 0 bridgehead atoms. The zero-order valence-corrected chi connectivity index (χ0v) is 21.3. The molecule has 0 aliphatic rings. The predicted octanol–water partition coefficient (Wildman–Crippen LogP) is 2.70. The van der Waals surface area contributed by atoms with Gasteiger partial charge in [-0.05, 0) is 37.1 Å². The molecular formula is C25H24F5N5O5. The van der Waals surface area contributed by atoms with Crippen molar-refractivity contribution < 1.29 is 36.6 Å². The summed E-state index contributed by atoms with van der Waals surface area (Å²) in [4.78, 5) is 53.1. The van der Waals surface area contributed by atoms with Gasteiger partial charge in [-0.25, -0.2) is 27.9 Å². The van der Waals surface area contributed by atoms with Gasteiger partial charge in [0.25, 0.3) is 11.5 Å². The van der Waals surface area contributed by atoms with Crippen LogP contribution in [0.5, 0.6) is 0 Å². The van der Waals surface area contributed by atoms with Crippen molar-refractivity contribution in [2.75, 3.05) is 5.32 Å². The van der Waals surface area contributed by atoms with Crippen LogP contribution in [0.2, 0.25) is 0 Å². The molecule has 1 aromatic carbocycles. The lowest BCUT2D eigenvalue weighted by Crippen LogP contribution is -2.43. The van der Waals surface area contributed by atoms with Crippen LogP contribution in [-0.2, 0) is 18.3 Å². The van der Waals surface area contributed by atoms with Gasteiger partial charge in [0, 0.05) is 37.1 Å². The van der Waals surface area contributed by atoms with E-state index < -0.39 is 77.1 Å². The Labute approximate surface area is 223 Å². The number of alkyl halides is 3. The predicted molar refractivity (Wildman–Crippen MR) is 133 cm³/mol. The molecule has 0 radical (unpaired) electrons. The number of hydrogen-bond donors (Lipinski definition) is 3. The van der Waals surface area contributed by atoms with Crippen molar-refractivity contribution in [2.24, 2.45) is 7.05 Å². The summed E-state index contributed by atoms with van der Waals surface area (Å²) in [5.41, 5.74) is -2.38. The molecule has 3 N–H and O–H groups in total. The van der Waals surface area contributed by atoms with Gasteiger partial charge in [-0.15, -0.1) is 0 Å². The monoisotopic (exact) mass is 569 g/mol. The zero-order chi connectivity index (χ0) is 29.9. The fraction of sp³-hybridized carbons (Fsp3) is 0.320. The zero-order valence-electron chi connectivity index (χ0n) is 21.3. The van der Waals surface area contributed by atoms with Gasteiger partial charge in [0.2, 0.25) is 0 Å². The number of nitrogens with one attached hydrogen (secondary N) is 2. The number of rotatable bonds is 9. The third-order valence-corrected chi connectivity index (χ3v) is 6.05. The summed E-state index contributed by atoms with van der Waals surface area (Å²) in [5, 5.41) is 13.5. The molecule has 15 heteroatoms. The summed E-state index contributed by atoms with van der Waals surface area (Å²) in [5.74, 6) is -6.05. The third kappa shape index (κ3) is 6.52. The fourth-order valence-electron chi connectivity index (χ4n) is 3.77. The highest BCUT2D eigenvalue weighted by Gasteiger charge is 2.38. The Morgan fingerprint density at radius 1 is 1.10 bits per heavy atom. The van der Waals surface area contributed by atoms with E-state index in [0.29, 0.717) is 17.8 Å². The Bertz CT molecular complexity index is 1530. The van der Waals surface area contributed by atoms with Crippen molar-refractivity contribution >= 4 is 17.6 Å². The average molecular weight is 569 g/mol. The van der Waals surface area contributed by atoms with Gasteiger partial charge in [-0.2, -0.15) is 13.2 Å². The Morgan fingerprint density at radius 3 is 2.23 bits per heavy atom. The number of nitrogens with zero attached hydrogens (tertiary/aromatic N) is 3. The molecule has 1 amide bonds. The van der Waals surface area contributed by atoms with Crippen LogP contribution in [0.25, 0.3) is 5.82 Å². The lowest BCUT2D eigenvalue weighted by atomic mass is 10.1. The normalized spacial score (nSPS) is 13.0. The first-order valence-corrected chi connectivity index (χ1v) is 11.7. The second-order valence-electron chi connectivity index (χ2n) is 8.86. The van der Waals surface area contributed by atoms with E-state index in [9.17, 15) is 46.2 Å². The van der Waals surface area contributed by atoms with Crippen LogP contribution in [0.15, 0.2) is 46.1 Å². The van der Waals surface area contributed by atoms with Crippen molar-refractivity contribution in [1.82, 2.24) is 19.4 Å². The van der Waals surface area contributed by atoms with Gasteiger partial charge >= 0.3 is 17.8 Å². The fourth-order valence-corrected chi connectivity index (χ4v) is 3.77. The van der Waals surface area contributed by atoms with Gasteiger partial charge < -0.3 is 20.3 Å². The first-order chi connectivity index (χ1) is 18.6. The molecule has 0 saturated carbocycles. The van der Waals surface area contributed by atoms with Crippen LogP contribution < -0.4 is 21.9 Å². The molecule has 3 aromatic rings. The highest BCUT2D eigenvalue weighted by atomic mass is 19.4. The standard InChI is InChI=1S/C25H24F5N5O5/c1-4-18(25(28,29)30)32-14-9-15(26)21(16(27)10-14)22(37)33-17(23(38)39)8-13-5-6-19(31-11-13)35-20(36)7-12(2)34(3)24(35)40/h5-7,9-11,17-18,32H,4,8H2,1-3H3,(H,33,37)(H,38,39)/t17-,18+/m0/s1. The maximum absolute atomic E-state index is 14.6. The topological polar surface area (TPSA) is 135 Å². The minimum absolute atomic E-state index is 0.0427. The van der Waals surface area contributed by atoms with Crippen LogP contribution in [0.4, 0.5) is 27.6 Å². The van der Waals surface area contributed by atoms with Crippen LogP contribution >= 0.6 is 0 Å². The van der Waals surface area contributed by atoms with E-state index in [2.05, 4.69) is 4.98 Å². The number of carboxylic acids is 1. The molecule has 0 aliphatic carbocycles. The Kier molecular flexibility index (Phi) is 8.75. The van der Waals surface area contributed by atoms with E-state index in [-0.39, 0.29) is 11.4 Å². The lowest BCUT2D eigenvalue weighted by Gasteiger charge is -2.21. The van der Waals surface area contributed by atoms with E-state index >= 15 is 0 Å². The molecule has 0 aliphatic heterocycles. The summed E-state index contributed by atoms with van der Waals surface area (Å²) >= 11 is 0. The van der Waals surface area contributed by atoms with Crippen LogP contribution in [0.3, 0.4) is 0 Å². The number of benzene rings is 1. The first-order valence-electron chi connectivity index (χ1n) is 11.7. The summed E-state index contributed by atoms with van der Waals surface area (Å²) in [6, 6.07) is 1.08. The smallest absolute Gasteiger partial charge is 0.408 e. The molecular weight excluding hydrogens is 545 g/mol.